The minimum Gasteiger partial charge on any atom is -0.323 e. The first-order chi connectivity index (χ1) is 10.6. The van der Waals surface area contributed by atoms with Gasteiger partial charge < -0.3 is 4.90 Å². The van der Waals surface area contributed by atoms with E-state index in [0.29, 0.717) is 5.95 Å². The van der Waals surface area contributed by atoms with Gasteiger partial charge in [-0.15, -0.1) is 5.10 Å². The highest BCUT2D eigenvalue weighted by atomic mass is 16.2. The van der Waals surface area contributed by atoms with Crippen LogP contribution in [0, 0.1) is 6.92 Å². The lowest BCUT2D eigenvalue weighted by Gasteiger charge is -2.27. The van der Waals surface area contributed by atoms with E-state index in [2.05, 4.69) is 20.3 Å². The first-order valence-corrected chi connectivity index (χ1v) is 8.31. The number of aromatic nitrogens is 3. The molecule has 2 fully saturated rings. The zero-order chi connectivity index (χ0) is 15.5. The van der Waals surface area contributed by atoms with Crippen LogP contribution in [0.2, 0.25) is 0 Å². The van der Waals surface area contributed by atoms with Crippen molar-refractivity contribution >= 4 is 12.0 Å². The third-order valence-electron chi connectivity index (χ3n) is 4.86. The highest BCUT2D eigenvalue weighted by molar-refractivity contribution is 5.87. The minimum atomic E-state index is -0.0844. The summed E-state index contributed by atoms with van der Waals surface area (Å²) in [5.41, 5.74) is 0. The molecule has 0 spiro atoms. The van der Waals surface area contributed by atoms with Crippen molar-refractivity contribution in [1.29, 1.82) is 0 Å². The molecule has 1 saturated heterocycles. The third kappa shape index (κ3) is 3.40. The van der Waals surface area contributed by atoms with Gasteiger partial charge in [0.05, 0.1) is 0 Å². The smallest absolute Gasteiger partial charge is 0.323 e. The van der Waals surface area contributed by atoms with Crippen molar-refractivity contribution in [3.05, 3.63) is 5.82 Å². The van der Waals surface area contributed by atoms with E-state index < -0.39 is 0 Å². The van der Waals surface area contributed by atoms with Gasteiger partial charge in [0.25, 0.3) is 0 Å². The Morgan fingerprint density at radius 1 is 1.14 bits per heavy atom. The Kier molecular flexibility index (Phi) is 4.61. The van der Waals surface area contributed by atoms with Crippen LogP contribution >= 0.6 is 0 Å². The SMILES string of the molecule is Cc1nc(NC(=O)N2CCCN(C3CCCC3)CC2)nn1C. The summed E-state index contributed by atoms with van der Waals surface area (Å²) in [4.78, 5) is 21.1. The number of nitrogens with one attached hydrogen (secondary N) is 1. The molecule has 22 heavy (non-hydrogen) atoms. The Morgan fingerprint density at radius 2 is 1.91 bits per heavy atom. The normalized spacial score (nSPS) is 21.1. The van der Waals surface area contributed by atoms with E-state index >= 15 is 0 Å². The monoisotopic (exact) mass is 306 g/mol. The van der Waals surface area contributed by atoms with Gasteiger partial charge in [-0.3, -0.25) is 14.9 Å². The highest BCUT2D eigenvalue weighted by Crippen LogP contribution is 2.24. The Labute approximate surface area is 131 Å². The molecule has 2 heterocycles. The predicted molar refractivity (Wildman–Crippen MR) is 84.8 cm³/mol. The number of carbonyl (C=O) groups is 1. The second-order valence-electron chi connectivity index (χ2n) is 6.35. The maximum absolute atomic E-state index is 12.4. The average molecular weight is 306 g/mol. The summed E-state index contributed by atoms with van der Waals surface area (Å²) >= 11 is 0. The fourth-order valence-electron chi connectivity index (χ4n) is 3.47. The van der Waals surface area contributed by atoms with Crippen molar-refractivity contribution in [2.45, 2.75) is 45.1 Å². The predicted octanol–water partition coefficient (Wildman–Crippen LogP) is 1.61. The van der Waals surface area contributed by atoms with Crippen LogP contribution in [0.15, 0.2) is 0 Å². The number of hydrogen-bond acceptors (Lipinski definition) is 4. The standard InChI is InChI=1S/C15H26N6O/c1-12-16-14(18-19(12)2)17-15(22)21-9-5-8-20(10-11-21)13-6-3-4-7-13/h13H,3-11H2,1-2H3,(H,17,18,22). The fraction of sp³-hybridized carbons (Fsp3) is 0.800. The second kappa shape index (κ2) is 6.64. The number of carbonyl (C=O) groups excluding carboxylic acids is 1. The van der Waals surface area contributed by atoms with Gasteiger partial charge >= 0.3 is 6.03 Å². The molecule has 1 aromatic rings. The average Bonchev–Trinajstić information content (AvgIpc) is 3.04. The van der Waals surface area contributed by atoms with Crippen molar-refractivity contribution in [2.24, 2.45) is 7.05 Å². The molecule has 7 heteroatoms. The summed E-state index contributed by atoms with van der Waals surface area (Å²) in [5, 5.41) is 6.99. The van der Waals surface area contributed by atoms with E-state index in [1.165, 1.54) is 25.7 Å². The Bertz CT molecular complexity index is 503. The van der Waals surface area contributed by atoms with Crippen molar-refractivity contribution in [3.63, 3.8) is 0 Å². The van der Waals surface area contributed by atoms with E-state index in [-0.39, 0.29) is 6.03 Å². The molecule has 1 aliphatic carbocycles. The summed E-state index contributed by atoms with van der Waals surface area (Å²) in [6.07, 6.45) is 6.40. The fourth-order valence-corrected chi connectivity index (χ4v) is 3.47. The summed E-state index contributed by atoms with van der Waals surface area (Å²) < 4.78 is 1.67. The molecule has 2 aliphatic rings. The molecule has 7 nitrogen and oxygen atoms in total. The summed E-state index contributed by atoms with van der Waals surface area (Å²) in [7, 11) is 1.82. The molecule has 1 saturated carbocycles. The molecule has 1 N–H and O–H groups in total. The maximum atomic E-state index is 12.4. The second-order valence-corrected chi connectivity index (χ2v) is 6.35. The zero-order valence-corrected chi connectivity index (χ0v) is 13.6. The first-order valence-electron chi connectivity index (χ1n) is 8.31. The number of nitrogens with zero attached hydrogens (tertiary/aromatic N) is 5. The molecule has 0 bridgehead atoms. The van der Waals surface area contributed by atoms with E-state index in [1.807, 2.05) is 18.9 Å². The van der Waals surface area contributed by atoms with E-state index in [4.69, 9.17) is 0 Å². The Hall–Kier alpha value is -1.63. The molecule has 0 unspecified atom stereocenters. The molecule has 2 amide bonds. The van der Waals surface area contributed by atoms with E-state index in [0.717, 1.165) is 44.5 Å². The van der Waals surface area contributed by atoms with Crippen molar-refractivity contribution in [3.8, 4) is 0 Å². The number of rotatable bonds is 2. The molecular formula is C15H26N6O. The highest BCUT2D eigenvalue weighted by Gasteiger charge is 2.26. The number of aryl methyl sites for hydroxylation is 2. The van der Waals surface area contributed by atoms with Crippen LogP contribution in [-0.2, 0) is 7.05 Å². The summed E-state index contributed by atoms with van der Waals surface area (Å²) in [5.74, 6) is 1.18. The quantitative estimate of drug-likeness (QED) is 0.901. The summed E-state index contributed by atoms with van der Waals surface area (Å²) in [6, 6.07) is 0.655. The molecular weight excluding hydrogens is 280 g/mol. The van der Waals surface area contributed by atoms with Gasteiger partial charge in [-0.05, 0) is 26.2 Å². The molecule has 3 rings (SSSR count). The van der Waals surface area contributed by atoms with Gasteiger partial charge in [-0.2, -0.15) is 4.98 Å². The zero-order valence-electron chi connectivity index (χ0n) is 13.6. The van der Waals surface area contributed by atoms with Crippen LogP contribution in [0.1, 0.15) is 37.9 Å². The van der Waals surface area contributed by atoms with Gasteiger partial charge in [0.2, 0.25) is 5.95 Å². The molecule has 0 radical (unpaired) electrons. The largest absolute Gasteiger partial charge is 0.324 e. The molecule has 0 atom stereocenters. The van der Waals surface area contributed by atoms with Crippen LogP contribution in [0.4, 0.5) is 10.7 Å². The van der Waals surface area contributed by atoms with Crippen molar-refractivity contribution < 1.29 is 4.79 Å². The van der Waals surface area contributed by atoms with Crippen LogP contribution in [0.3, 0.4) is 0 Å². The van der Waals surface area contributed by atoms with Crippen LogP contribution in [0.5, 0.6) is 0 Å². The van der Waals surface area contributed by atoms with E-state index in [9.17, 15) is 4.79 Å². The van der Waals surface area contributed by atoms with Crippen LogP contribution in [-0.4, -0.2) is 62.8 Å². The summed E-state index contributed by atoms with van der Waals surface area (Å²) in [6.45, 7) is 5.55. The lowest BCUT2D eigenvalue weighted by molar-refractivity contribution is 0.195. The minimum absolute atomic E-state index is 0.0844. The number of amides is 2. The van der Waals surface area contributed by atoms with Crippen molar-refractivity contribution in [1.82, 2.24) is 24.6 Å². The van der Waals surface area contributed by atoms with Crippen molar-refractivity contribution in [2.75, 3.05) is 31.5 Å². The molecule has 0 aromatic carbocycles. The lowest BCUT2D eigenvalue weighted by atomic mass is 10.2. The topological polar surface area (TPSA) is 66.3 Å². The number of anilines is 1. The van der Waals surface area contributed by atoms with E-state index in [1.54, 1.807) is 4.68 Å². The van der Waals surface area contributed by atoms with Gasteiger partial charge in [0.15, 0.2) is 0 Å². The van der Waals surface area contributed by atoms with Gasteiger partial charge in [0, 0.05) is 39.3 Å². The maximum Gasteiger partial charge on any atom is 0.324 e. The molecule has 1 aliphatic heterocycles. The van der Waals surface area contributed by atoms with Gasteiger partial charge in [-0.25, -0.2) is 4.79 Å². The third-order valence-corrected chi connectivity index (χ3v) is 4.86. The van der Waals surface area contributed by atoms with Crippen LogP contribution in [0.25, 0.3) is 0 Å². The van der Waals surface area contributed by atoms with Gasteiger partial charge in [-0.1, -0.05) is 12.8 Å². The Balaban J connectivity index is 1.54. The molecule has 122 valence electrons. The lowest BCUT2D eigenvalue weighted by Crippen LogP contribution is -2.40. The van der Waals surface area contributed by atoms with Crippen LogP contribution < -0.4 is 5.32 Å². The number of hydrogen-bond donors (Lipinski definition) is 1. The van der Waals surface area contributed by atoms with Gasteiger partial charge in [0.1, 0.15) is 5.82 Å². The Morgan fingerprint density at radius 3 is 2.59 bits per heavy atom. The number of urea groups is 1. The first kappa shape index (κ1) is 15.3. The molecule has 1 aromatic heterocycles.